The minimum atomic E-state index is 0. The fraction of sp³-hybridized carbons (Fsp3) is 1.00. The molecule has 0 saturated heterocycles. The zero-order chi connectivity index (χ0) is 7.11. The standard InChI is InChI=1S/C8H17O.3ClH.Ti/c1-3-5-6-8(4-2)7-9;;;;/h8H,3-7H2,1-2H3;3*1H;/q-1;;;;+4/p-3. The van der Waals surface area contributed by atoms with Crippen molar-refractivity contribution in [1.82, 2.24) is 0 Å². The van der Waals surface area contributed by atoms with Gasteiger partial charge in [0.2, 0.25) is 0 Å². The second kappa shape index (κ2) is 23.4. The van der Waals surface area contributed by atoms with E-state index in [9.17, 15) is 5.11 Å². The van der Waals surface area contributed by atoms with Gasteiger partial charge in [0.25, 0.3) is 0 Å². The molecular formula is C8H17Cl3OTi. The third kappa shape index (κ3) is 19.8. The monoisotopic (exact) mass is 282 g/mol. The summed E-state index contributed by atoms with van der Waals surface area (Å²) in [6.45, 7) is 4.38. The Bertz CT molecular complexity index is 63.4. The minimum Gasteiger partial charge on any atom is -1.00 e. The molecular weight excluding hydrogens is 266 g/mol. The van der Waals surface area contributed by atoms with Gasteiger partial charge in [-0.1, -0.05) is 45.4 Å². The van der Waals surface area contributed by atoms with Gasteiger partial charge in [-0.15, -0.1) is 6.61 Å². The molecule has 1 unspecified atom stereocenters. The van der Waals surface area contributed by atoms with Crippen LogP contribution < -0.4 is 42.3 Å². The summed E-state index contributed by atoms with van der Waals surface area (Å²) in [6.07, 6.45) is 4.64. The largest absolute Gasteiger partial charge is 4.00 e. The van der Waals surface area contributed by atoms with Gasteiger partial charge in [0, 0.05) is 0 Å². The predicted molar refractivity (Wildman–Crippen MR) is 38.2 cm³/mol. The van der Waals surface area contributed by atoms with Gasteiger partial charge in [0.15, 0.2) is 0 Å². The Hall–Kier alpha value is 1.54. The maximum absolute atomic E-state index is 10.4. The molecule has 0 fully saturated rings. The average Bonchev–Trinajstić information content (AvgIpc) is 1.91. The fourth-order valence-corrected chi connectivity index (χ4v) is 0.898. The van der Waals surface area contributed by atoms with E-state index in [1.54, 1.807) is 0 Å². The van der Waals surface area contributed by atoms with Gasteiger partial charge in [0.1, 0.15) is 0 Å². The van der Waals surface area contributed by atoms with Crippen molar-refractivity contribution in [2.24, 2.45) is 5.92 Å². The maximum atomic E-state index is 10.4. The van der Waals surface area contributed by atoms with Crippen molar-refractivity contribution in [3.8, 4) is 0 Å². The van der Waals surface area contributed by atoms with Gasteiger partial charge in [-0.25, -0.2) is 0 Å². The molecule has 0 aromatic carbocycles. The van der Waals surface area contributed by atoms with E-state index in [0.717, 1.165) is 12.8 Å². The molecule has 80 valence electrons. The van der Waals surface area contributed by atoms with Crippen molar-refractivity contribution in [2.45, 2.75) is 39.5 Å². The quantitative estimate of drug-likeness (QED) is 0.460. The molecule has 0 radical (unpaired) electrons. The SMILES string of the molecule is CCCCC(CC)C[O-].[Cl-].[Cl-].[Cl-].[Ti+4]. The number of hydrogen-bond donors (Lipinski definition) is 0. The molecule has 0 spiro atoms. The molecule has 0 rings (SSSR count). The third-order valence-corrected chi connectivity index (χ3v) is 1.78. The molecule has 5 heteroatoms. The van der Waals surface area contributed by atoms with Gasteiger partial charge in [-0.3, -0.25) is 0 Å². The van der Waals surface area contributed by atoms with Crippen LogP contribution >= 0.6 is 0 Å². The van der Waals surface area contributed by atoms with Crippen molar-refractivity contribution in [1.29, 1.82) is 0 Å². The van der Waals surface area contributed by atoms with Crippen molar-refractivity contribution in [2.75, 3.05) is 6.61 Å². The summed E-state index contributed by atoms with van der Waals surface area (Å²) in [4.78, 5) is 0. The smallest absolute Gasteiger partial charge is 1.00 e. The molecule has 0 saturated carbocycles. The Morgan fingerprint density at radius 3 is 1.77 bits per heavy atom. The first-order valence-electron chi connectivity index (χ1n) is 3.93. The average molecular weight is 283 g/mol. The summed E-state index contributed by atoms with van der Waals surface area (Å²) >= 11 is 0. The first-order valence-corrected chi connectivity index (χ1v) is 3.93. The van der Waals surface area contributed by atoms with E-state index in [2.05, 4.69) is 13.8 Å². The van der Waals surface area contributed by atoms with Crippen LogP contribution in [0, 0.1) is 5.92 Å². The Balaban J connectivity index is -0.0000000533. The van der Waals surface area contributed by atoms with E-state index < -0.39 is 0 Å². The van der Waals surface area contributed by atoms with Gasteiger partial charge >= 0.3 is 21.7 Å². The predicted octanol–water partition coefficient (Wildman–Crippen LogP) is -7.43. The van der Waals surface area contributed by atoms with Gasteiger partial charge < -0.3 is 42.3 Å². The molecule has 0 aliphatic heterocycles. The molecule has 1 atom stereocenters. The van der Waals surface area contributed by atoms with Crippen molar-refractivity contribution < 1.29 is 64.0 Å². The van der Waals surface area contributed by atoms with E-state index in [4.69, 9.17) is 0 Å². The number of unbranched alkanes of at least 4 members (excludes halogenated alkanes) is 1. The van der Waals surface area contributed by atoms with Crippen LogP contribution in [0.25, 0.3) is 0 Å². The molecule has 0 aromatic heterocycles. The summed E-state index contributed by atoms with van der Waals surface area (Å²) in [5, 5.41) is 10.4. The van der Waals surface area contributed by atoms with Crippen molar-refractivity contribution in [3.63, 3.8) is 0 Å². The zero-order valence-corrected chi connectivity index (χ0v) is 12.0. The van der Waals surface area contributed by atoms with Crippen molar-refractivity contribution in [3.05, 3.63) is 0 Å². The molecule has 0 amide bonds. The Labute approximate surface area is 116 Å². The number of halogens is 3. The van der Waals surface area contributed by atoms with Crippen LogP contribution in [-0.4, -0.2) is 6.61 Å². The van der Waals surface area contributed by atoms with Crippen LogP contribution in [0.15, 0.2) is 0 Å². The van der Waals surface area contributed by atoms with Crippen LogP contribution in [0.4, 0.5) is 0 Å². The van der Waals surface area contributed by atoms with Gasteiger partial charge in [0.05, 0.1) is 0 Å². The first kappa shape index (κ1) is 29.3. The Morgan fingerprint density at radius 1 is 1.08 bits per heavy atom. The van der Waals surface area contributed by atoms with Gasteiger partial charge in [-0.2, -0.15) is 0 Å². The number of hydrogen-bond acceptors (Lipinski definition) is 1. The molecule has 0 heterocycles. The Kier molecular flexibility index (Phi) is 52.7. The van der Waals surface area contributed by atoms with E-state index in [-0.39, 0.29) is 65.5 Å². The van der Waals surface area contributed by atoms with Crippen LogP contribution in [0.1, 0.15) is 39.5 Å². The van der Waals surface area contributed by atoms with Crippen LogP contribution in [0.2, 0.25) is 0 Å². The fourth-order valence-electron chi connectivity index (χ4n) is 0.898. The third-order valence-electron chi connectivity index (χ3n) is 1.78. The summed E-state index contributed by atoms with van der Waals surface area (Å²) in [5.41, 5.74) is 0. The van der Waals surface area contributed by atoms with E-state index >= 15 is 0 Å². The molecule has 0 aromatic rings. The molecule has 0 N–H and O–H groups in total. The molecule has 1 nitrogen and oxygen atoms in total. The molecule has 13 heavy (non-hydrogen) atoms. The normalized spacial score (nSPS) is 9.46. The summed E-state index contributed by atoms with van der Waals surface area (Å²) in [7, 11) is 0. The topological polar surface area (TPSA) is 23.1 Å². The number of rotatable bonds is 5. The van der Waals surface area contributed by atoms with Crippen molar-refractivity contribution >= 4 is 0 Å². The summed E-state index contributed by atoms with van der Waals surface area (Å²) in [6, 6.07) is 0. The van der Waals surface area contributed by atoms with Crippen LogP contribution in [0.3, 0.4) is 0 Å². The first-order chi connectivity index (χ1) is 4.35. The minimum absolute atomic E-state index is 0. The second-order valence-corrected chi connectivity index (χ2v) is 2.58. The summed E-state index contributed by atoms with van der Waals surface area (Å²) in [5.74, 6) is 0.449. The maximum Gasteiger partial charge on any atom is 4.00 e. The van der Waals surface area contributed by atoms with E-state index in [0.29, 0.717) is 5.92 Å². The molecule has 0 aliphatic carbocycles. The van der Waals surface area contributed by atoms with E-state index in [1.165, 1.54) is 12.8 Å². The van der Waals surface area contributed by atoms with Crippen LogP contribution in [0.5, 0.6) is 0 Å². The van der Waals surface area contributed by atoms with E-state index in [1.807, 2.05) is 0 Å². The summed E-state index contributed by atoms with van der Waals surface area (Å²) < 4.78 is 0. The molecule has 0 bridgehead atoms. The van der Waals surface area contributed by atoms with Gasteiger partial charge in [-0.05, 0) is 0 Å². The second-order valence-electron chi connectivity index (χ2n) is 2.58. The van der Waals surface area contributed by atoms with Crippen LogP contribution in [-0.2, 0) is 21.7 Å². The Morgan fingerprint density at radius 2 is 1.54 bits per heavy atom. The zero-order valence-electron chi connectivity index (χ0n) is 8.16. The molecule has 0 aliphatic rings.